The summed E-state index contributed by atoms with van der Waals surface area (Å²) >= 11 is 0. The lowest BCUT2D eigenvalue weighted by atomic mass is 9.95. The van der Waals surface area contributed by atoms with Crippen molar-refractivity contribution in [3.8, 4) is 0 Å². The van der Waals surface area contributed by atoms with Crippen LogP contribution in [-0.4, -0.2) is 19.7 Å². The standard InChI is InChI=1S/C18H24N4/c1-2-6-16(7-3-1)22-18(12-15-5-4-10-19-13-15)20-17(21-22)11-14-8-9-14/h4-5,10,13-14,16H,1-3,6-9,11-12H2. The van der Waals surface area contributed by atoms with Crippen molar-refractivity contribution < 1.29 is 0 Å². The molecule has 0 radical (unpaired) electrons. The molecule has 0 aromatic carbocycles. The lowest BCUT2D eigenvalue weighted by Crippen LogP contribution is -2.17. The highest BCUT2D eigenvalue weighted by Gasteiger charge is 2.26. The molecule has 0 amide bonds. The summed E-state index contributed by atoms with van der Waals surface area (Å²) in [5.74, 6) is 3.04. The van der Waals surface area contributed by atoms with E-state index in [0.717, 1.165) is 30.4 Å². The minimum Gasteiger partial charge on any atom is -0.264 e. The van der Waals surface area contributed by atoms with E-state index in [0.29, 0.717) is 6.04 Å². The first-order valence-corrected chi connectivity index (χ1v) is 8.71. The van der Waals surface area contributed by atoms with Crippen LogP contribution in [0.3, 0.4) is 0 Å². The van der Waals surface area contributed by atoms with Crippen LogP contribution < -0.4 is 0 Å². The Labute approximate surface area is 132 Å². The predicted octanol–water partition coefficient (Wildman–Crippen LogP) is 3.72. The van der Waals surface area contributed by atoms with Crippen molar-refractivity contribution in [3.63, 3.8) is 0 Å². The van der Waals surface area contributed by atoms with Gasteiger partial charge in [-0.15, -0.1) is 0 Å². The highest BCUT2D eigenvalue weighted by molar-refractivity contribution is 5.15. The highest BCUT2D eigenvalue weighted by atomic mass is 15.4. The predicted molar refractivity (Wildman–Crippen MR) is 85.6 cm³/mol. The van der Waals surface area contributed by atoms with Gasteiger partial charge < -0.3 is 0 Å². The van der Waals surface area contributed by atoms with E-state index in [-0.39, 0.29) is 0 Å². The van der Waals surface area contributed by atoms with E-state index < -0.39 is 0 Å². The lowest BCUT2D eigenvalue weighted by Gasteiger charge is -2.23. The third kappa shape index (κ3) is 3.21. The van der Waals surface area contributed by atoms with Crippen LogP contribution in [0.15, 0.2) is 24.5 Å². The van der Waals surface area contributed by atoms with Crippen LogP contribution in [0.2, 0.25) is 0 Å². The molecule has 4 rings (SSSR count). The Kier molecular flexibility index (Phi) is 3.92. The molecule has 2 aliphatic carbocycles. The van der Waals surface area contributed by atoms with Crippen LogP contribution in [-0.2, 0) is 12.8 Å². The number of pyridine rings is 1. The Morgan fingerprint density at radius 2 is 1.95 bits per heavy atom. The number of aromatic nitrogens is 4. The smallest absolute Gasteiger partial charge is 0.151 e. The van der Waals surface area contributed by atoms with E-state index in [1.807, 2.05) is 18.5 Å². The van der Waals surface area contributed by atoms with Gasteiger partial charge in [0.05, 0.1) is 6.04 Å². The SMILES string of the molecule is c1cncc(Cc2nc(CC3CC3)nn2C2CCCCC2)c1. The van der Waals surface area contributed by atoms with Crippen LogP contribution >= 0.6 is 0 Å². The topological polar surface area (TPSA) is 43.6 Å². The Bertz CT molecular complexity index is 609. The van der Waals surface area contributed by atoms with Gasteiger partial charge in [-0.25, -0.2) is 9.67 Å². The molecule has 0 aliphatic heterocycles. The minimum atomic E-state index is 0.556. The molecule has 0 atom stereocenters. The zero-order chi connectivity index (χ0) is 14.8. The molecule has 0 N–H and O–H groups in total. The molecule has 0 bridgehead atoms. The third-order valence-corrected chi connectivity index (χ3v) is 4.92. The molecule has 0 spiro atoms. The van der Waals surface area contributed by atoms with E-state index in [2.05, 4.69) is 15.7 Å². The van der Waals surface area contributed by atoms with Crippen LogP contribution in [0, 0.1) is 5.92 Å². The zero-order valence-corrected chi connectivity index (χ0v) is 13.1. The summed E-state index contributed by atoms with van der Waals surface area (Å²) in [6.07, 6.45) is 14.9. The normalized spacial score (nSPS) is 19.5. The van der Waals surface area contributed by atoms with Gasteiger partial charge >= 0.3 is 0 Å². The average Bonchev–Trinajstić information content (AvgIpc) is 3.29. The molecule has 4 nitrogen and oxygen atoms in total. The van der Waals surface area contributed by atoms with Gasteiger partial charge in [0.2, 0.25) is 0 Å². The van der Waals surface area contributed by atoms with E-state index >= 15 is 0 Å². The molecule has 0 unspecified atom stereocenters. The summed E-state index contributed by atoms with van der Waals surface area (Å²) in [5.41, 5.74) is 1.23. The van der Waals surface area contributed by atoms with Crippen molar-refractivity contribution in [2.45, 2.75) is 63.8 Å². The highest BCUT2D eigenvalue weighted by Crippen LogP contribution is 2.33. The molecule has 4 heteroatoms. The Balaban J connectivity index is 1.59. The Morgan fingerprint density at radius 3 is 2.68 bits per heavy atom. The molecule has 2 fully saturated rings. The maximum Gasteiger partial charge on any atom is 0.151 e. The van der Waals surface area contributed by atoms with E-state index in [1.54, 1.807) is 0 Å². The van der Waals surface area contributed by atoms with Crippen LogP contribution in [0.1, 0.15) is 68.2 Å². The molecule has 22 heavy (non-hydrogen) atoms. The molecular weight excluding hydrogens is 272 g/mol. The second kappa shape index (κ2) is 6.19. The summed E-state index contributed by atoms with van der Waals surface area (Å²) in [4.78, 5) is 9.12. The fourth-order valence-corrected chi connectivity index (χ4v) is 3.50. The van der Waals surface area contributed by atoms with Gasteiger partial charge in [-0.1, -0.05) is 25.3 Å². The first-order chi connectivity index (χ1) is 10.9. The molecule has 2 heterocycles. The molecule has 2 aromatic heterocycles. The van der Waals surface area contributed by atoms with Crippen molar-refractivity contribution in [2.75, 3.05) is 0 Å². The summed E-state index contributed by atoms with van der Waals surface area (Å²) in [5, 5.41) is 4.90. The van der Waals surface area contributed by atoms with E-state index in [4.69, 9.17) is 10.1 Å². The minimum absolute atomic E-state index is 0.556. The molecule has 0 saturated heterocycles. The van der Waals surface area contributed by atoms with Gasteiger partial charge in [-0.2, -0.15) is 5.10 Å². The van der Waals surface area contributed by atoms with E-state index in [9.17, 15) is 0 Å². The molecule has 2 saturated carbocycles. The Morgan fingerprint density at radius 1 is 1.09 bits per heavy atom. The zero-order valence-electron chi connectivity index (χ0n) is 13.1. The Hall–Kier alpha value is -1.71. The van der Waals surface area contributed by atoms with Crippen molar-refractivity contribution in [2.24, 2.45) is 5.92 Å². The summed E-state index contributed by atoms with van der Waals surface area (Å²) in [6.45, 7) is 0. The number of hydrogen-bond acceptors (Lipinski definition) is 3. The van der Waals surface area contributed by atoms with Crippen LogP contribution in [0.4, 0.5) is 0 Å². The van der Waals surface area contributed by atoms with Gasteiger partial charge in [-0.3, -0.25) is 4.98 Å². The second-order valence-corrected chi connectivity index (χ2v) is 6.87. The van der Waals surface area contributed by atoms with Crippen molar-refractivity contribution in [1.29, 1.82) is 0 Å². The first kappa shape index (κ1) is 13.9. The van der Waals surface area contributed by atoms with Gasteiger partial charge in [0, 0.05) is 25.2 Å². The lowest BCUT2D eigenvalue weighted by molar-refractivity contribution is 0.321. The summed E-state index contributed by atoms with van der Waals surface area (Å²) in [6, 6.07) is 4.69. The van der Waals surface area contributed by atoms with Crippen molar-refractivity contribution >= 4 is 0 Å². The van der Waals surface area contributed by atoms with Crippen LogP contribution in [0.5, 0.6) is 0 Å². The van der Waals surface area contributed by atoms with Crippen LogP contribution in [0.25, 0.3) is 0 Å². The van der Waals surface area contributed by atoms with Gasteiger partial charge in [0.25, 0.3) is 0 Å². The van der Waals surface area contributed by atoms with Gasteiger partial charge in [0.1, 0.15) is 5.82 Å². The van der Waals surface area contributed by atoms with Crippen molar-refractivity contribution in [1.82, 2.24) is 19.7 Å². The molecular formula is C18H24N4. The van der Waals surface area contributed by atoms with E-state index in [1.165, 1.54) is 50.5 Å². The quantitative estimate of drug-likeness (QED) is 0.844. The fourth-order valence-electron chi connectivity index (χ4n) is 3.50. The maximum absolute atomic E-state index is 4.90. The van der Waals surface area contributed by atoms with Crippen molar-refractivity contribution in [3.05, 3.63) is 41.7 Å². The average molecular weight is 296 g/mol. The molecule has 116 valence electrons. The third-order valence-electron chi connectivity index (χ3n) is 4.92. The number of nitrogens with zero attached hydrogens (tertiary/aromatic N) is 4. The summed E-state index contributed by atoms with van der Waals surface area (Å²) in [7, 11) is 0. The molecule has 2 aromatic rings. The van der Waals surface area contributed by atoms with Gasteiger partial charge in [-0.05, 0) is 43.2 Å². The fraction of sp³-hybridized carbons (Fsp3) is 0.611. The summed E-state index contributed by atoms with van der Waals surface area (Å²) < 4.78 is 2.25. The maximum atomic E-state index is 4.90. The number of rotatable bonds is 5. The second-order valence-electron chi connectivity index (χ2n) is 6.87. The van der Waals surface area contributed by atoms with Gasteiger partial charge in [0.15, 0.2) is 5.82 Å². The largest absolute Gasteiger partial charge is 0.264 e. The monoisotopic (exact) mass is 296 g/mol. The number of hydrogen-bond donors (Lipinski definition) is 0. The first-order valence-electron chi connectivity index (χ1n) is 8.71. The molecule has 2 aliphatic rings.